The molecule has 2 N–H and O–H groups in total. The lowest BCUT2D eigenvalue weighted by molar-refractivity contribution is -0.146. The minimum absolute atomic E-state index is 0.153. The SMILES string of the molecule is COC(=O)[C@@H](NC(=O)[C@H](Cc1ccccc1)Nc1ncnc2c1ncn2-c1ccc(OC)cc1)C(C)C. The van der Waals surface area contributed by atoms with Gasteiger partial charge in [0.1, 0.15) is 30.5 Å². The number of benzene rings is 2. The summed E-state index contributed by atoms with van der Waals surface area (Å²) in [6, 6.07) is 15.6. The number of aromatic nitrogens is 4. The summed E-state index contributed by atoms with van der Waals surface area (Å²) < 4.78 is 12.0. The van der Waals surface area contributed by atoms with Gasteiger partial charge in [0.15, 0.2) is 17.0 Å². The number of fused-ring (bicyclic) bond motifs is 1. The number of esters is 1. The molecule has 10 nitrogen and oxygen atoms in total. The van der Waals surface area contributed by atoms with E-state index in [0.29, 0.717) is 23.4 Å². The van der Waals surface area contributed by atoms with Gasteiger partial charge in [-0.15, -0.1) is 0 Å². The first-order chi connectivity index (χ1) is 17.9. The first kappa shape index (κ1) is 25.6. The zero-order valence-corrected chi connectivity index (χ0v) is 21.2. The number of nitrogens with one attached hydrogen (secondary N) is 2. The van der Waals surface area contributed by atoms with Gasteiger partial charge < -0.3 is 20.1 Å². The van der Waals surface area contributed by atoms with Gasteiger partial charge in [-0.3, -0.25) is 9.36 Å². The fraction of sp³-hybridized carbons (Fsp3) is 0.296. The Kier molecular flexibility index (Phi) is 7.97. The quantitative estimate of drug-likeness (QED) is 0.317. The monoisotopic (exact) mass is 502 g/mol. The molecule has 0 aliphatic heterocycles. The zero-order valence-electron chi connectivity index (χ0n) is 21.2. The van der Waals surface area contributed by atoms with Crippen molar-refractivity contribution in [2.24, 2.45) is 5.92 Å². The Labute approximate surface area is 215 Å². The number of amides is 1. The maximum Gasteiger partial charge on any atom is 0.328 e. The van der Waals surface area contributed by atoms with Gasteiger partial charge in [0, 0.05) is 12.1 Å². The van der Waals surface area contributed by atoms with E-state index in [-0.39, 0.29) is 11.8 Å². The highest BCUT2D eigenvalue weighted by Crippen LogP contribution is 2.23. The first-order valence-corrected chi connectivity index (χ1v) is 11.9. The van der Waals surface area contributed by atoms with Crippen LogP contribution in [0.25, 0.3) is 16.9 Å². The van der Waals surface area contributed by atoms with Crippen molar-refractivity contribution < 1.29 is 19.1 Å². The molecule has 0 bridgehead atoms. The lowest BCUT2D eigenvalue weighted by Crippen LogP contribution is -2.51. The summed E-state index contributed by atoms with van der Waals surface area (Å²) >= 11 is 0. The second-order valence-electron chi connectivity index (χ2n) is 8.85. The zero-order chi connectivity index (χ0) is 26.4. The lowest BCUT2D eigenvalue weighted by atomic mass is 10.0. The van der Waals surface area contributed by atoms with E-state index in [1.54, 1.807) is 13.4 Å². The van der Waals surface area contributed by atoms with Crippen molar-refractivity contribution in [1.82, 2.24) is 24.8 Å². The van der Waals surface area contributed by atoms with E-state index in [2.05, 4.69) is 25.6 Å². The van der Waals surface area contributed by atoms with Gasteiger partial charge in [-0.1, -0.05) is 44.2 Å². The number of nitrogens with zero attached hydrogens (tertiary/aromatic N) is 4. The minimum atomic E-state index is -0.780. The third-order valence-corrected chi connectivity index (χ3v) is 6.01. The summed E-state index contributed by atoms with van der Waals surface area (Å²) in [5.41, 5.74) is 2.89. The van der Waals surface area contributed by atoms with Crippen molar-refractivity contribution >= 4 is 28.9 Å². The number of hydrogen-bond acceptors (Lipinski definition) is 8. The number of rotatable bonds is 10. The van der Waals surface area contributed by atoms with Gasteiger partial charge in [-0.2, -0.15) is 0 Å². The molecule has 0 fully saturated rings. The molecular formula is C27H30N6O4. The first-order valence-electron chi connectivity index (χ1n) is 11.9. The Morgan fingerprint density at radius 3 is 2.35 bits per heavy atom. The van der Waals surface area contributed by atoms with Gasteiger partial charge in [-0.25, -0.2) is 19.7 Å². The Morgan fingerprint density at radius 1 is 0.973 bits per heavy atom. The van der Waals surface area contributed by atoms with Crippen LogP contribution in [0.15, 0.2) is 67.3 Å². The van der Waals surface area contributed by atoms with Crippen molar-refractivity contribution in [3.8, 4) is 11.4 Å². The van der Waals surface area contributed by atoms with Crippen LogP contribution in [0, 0.1) is 5.92 Å². The molecule has 2 aromatic carbocycles. The van der Waals surface area contributed by atoms with E-state index < -0.39 is 18.1 Å². The number of imidazole rings is 1. The molecule has 0 unspecified atom stereocenters. The van der Waals surface area contributed by atoms with Gasteiger partial charge >= 0.3 is 5.97 Å². The Balaban J connectivity index is 1.65. The molecule has 0 aliphatic rings. The maximum atomic E-state index is 13.4. The molecular weight excluding hydrogens is 472 g/mol. The van der Waals surface area contributed by atoms with Crippen LogP contribution in [0.3, 0.4) is 0 Å². The summed E-state index contributed by atoms with van der Waals surface area (Å²) in [4.78, 5) is 39.1. The normalized spacial score (nSPS) is 12.7. The number of hydrogen-bond donors (Lipinski definition) is 2. The lowest BCUT2D eigenvalue weighted by Gasteiger charge is -2.24. The highest BCUT2D eigenvalue weighted by Gasteiger charge is 2.29. The van der Waals surface area contributed by atoms with Crippen LogP contribution in [-0.2, 0) is 20.7 Å². The van der Waals surface area contributed by atoms with Crippen LogP contribution in [-0.4, -0.2) is 57.7 Å². The molecule has 0 aliphatic carbocycles. The fourth-order valence-electron chi connectivity index (χ4n) is 3.97. The fourth-order valence-corrected chi connectivity index (χ4v) is 3.97. The topological polar surface area (TPSA) is 120 Å². The Bertz CT molecular complexity index is 1350. The molecule has 0 spiro atoms. The highest BCUT2D eigenvalue weighted by molar-refractivity contribution is 5.92. The predicted molar refractivity (Wildman–Crippen MR) is 140 cm³/mol. The highest BCUT2D eigenvalue weighted by atomic mass is 16.5. The summed E-state index contributed by atoms with van der Waals surface area (Å²) in [6.45, 7) is 3.70. The third kappa shape index (κ3) is 5.85. The second-order valence-corrected chi connectivity index (χ2v) is 8.85. The Hall–Kier alpha value is -4.47. The Morgan fingerprint density at radius 2 is 1.70 bits per heavy atom. The van der Waals surface area contributed by atoms with Gasteiger partial charge in [-0.05, 0) is 35.7 Å². The third-order valence-electron chi connectivity index (χ3n) is 6.01. The van der Waals surface area contributed by atoms with Crippen molar-refractivity contribution in [2.75, 3.05) is 19.5 Å². The smallest absolute Gasteiger partial charge is 0.328 e. The van der Waals surface area contributed by atoms with E-state index in [1.165, 1.54) is 13.4 Å². The van der Waals surface area contributed by atoms with Crippen LogP contribution in [0.2, 0.25) is 0 Å². The van der Waals surface area contributed by atoms with Crippen molar-refractivity contribution in [2.45, 2.75) is 32.4 Å². The van der Waals surface area contributed by atoms with Gasteiger partial charge in [0.05, 0.1) is 14.2 Å². The summed E-state index contributed by atoms with van der Waals surface area (Å²) in [5.74, 6) is 0.151. The molecule has 192 valence electrons. The second kappa shape index (κ2) is 11.5. The van der Waals surface area contributed by atoms with Crippen LogP contribution in [0.4, 0.5) is 5.82 Å². The average Bonchev–Trinajstić information content (AvgIpc) is 3.36. The molecule has 4 aromatic rings. The molecule has 0 saturated carbocycles. The van der Waals surface area contributed by atoms with E-state index in [4.69, 9.17) is 9.47 Å². The minimum Gasteiger partial charge on any atom is -0.497 e. The molecule has 2 heterocycles. The van der Waals surface area contributed by atoms with E-state index >= 15 is 0 Å². The molecule has 10 heteroatoms. The van der Waals surface area contributed by atoms with Crippen LogP contribution in [0.1, 0.15) is 19.4 Å². The van der Waals surface area contributed by atoms with Gasteiger partial charge in [0.25, 0.3) is 0 Å². The molecule has 0 saturated heterocycles. The van der Waals surface area contributed by atoms with Crippen molar-refractivity contribution in [3.05, 3.63) is 72.8 Å². The standard InChI is InChI=1S/C27H30N6O4/c1-17(2)22(27(35)37-4)32-26(34)21(14-18-8-6-5-7-9-18)31-24-23-25(29-15-28-24)33(16-30-23)19-10-12-20(36-3)13-11-19/h5-13,15-17,21-22H,14H2,1-4H3,(H,32,34)(H,28,29,31)/t21-,22-/m0/s1. The molecule has 1 amide bonds. The van der Waals surface area contributed by atoms with Crippen LogP contribution in [0.5, 0.6) is 5.75 Å². The van der Waals surface area contributed by atoms with Crippen LogP contribution < -0.4 is 15.4 Å². The molecule has 37 heavy (non-hydrogen) atoms. The summed E-state index contributed by atoms with van der Waals surface area (Å²) in [5, 5.41) is 6.08. The van der Waals surface area contributed by atoms with Crippen LogP contribution >= 0.6 is 0 Å². The number of ether oxygens (including phenoxy) is 2. The molecule has 0 radical (unpaired) electrons. The number of carbonyl (C=O) groups excluding carboxylic acids is 2. The maximum absolute atomic E-state index is 13.4. The molecule has 2 atom stereocenters. The number of methoxy groups -OCH3 is 2. The van der Waals surface area contributed by atoms with E-state index in [0.717, 1.165) is 17.0 Å². The van der Waals surface area contributed by atoms with E-state index in [9.17, 15) is 9.59 Å². The average molecular weight is 503 g/mol. The van der Waals surface area contributed by atoms with Crippen molar-refractivity contribution in [1.29, 1.82) is 0 Å². The molecule has 2 aromatic heterocycles. The molecule has 4 rings (SSSR count). The summed E-state index contributed by atoms with van der Waals surface area (Å²) in [6.07, 6.45) is 3.45. The number of anilines is 1. The van der Waals surface area contributed by atoms with Crippen molar-refractivity contribution in [3.63, 3.8) is 0 Å². The van der Waals surface area contributed by atoms with E-state index in [1.807, 2.05) is 73.0 Å². The summed E-state index contributed by atoms with van der Waals surface area (Å²) in [7, 11) is 2.92. The number of carbonyl (C=O) groups is 2. The predicted octanol–water partition coefficient (Wildman–Crippen LogP) is 3.16. The van der Waals surface area contributed by atoms with Gasteiger partial charge in [0.2, 0.25) is 5.91 Å². The largest absolute Gasteiger partial charge is 0.497 e.